The van der Waals surface area contributed by atoms with Crippen LogP contribution in [0.3, 0.4) is 0 Å². The van der Waals surface area contributed by atoms with Gasteiger partial charge in [-0.3, -0.25) is 9.59 Å². The highest BCUT2D eigenvalue weighted by atomic mass is 32.1. The maximum Gasteiger partial charge on any atom is 0.306 e. The summed E-state index contributed by atoms with van der Waals surface area (Å²) in [6.07, 6.45) is 1.96. The van der Waals surface area contributed by atoms with Crippen molar-refractivity contribution in [1.29, 1.82) is 0 Å². The molecule has 86 valence electrons. The van der Waals surface area contributed by atoms with Crippen LogP contribution < -0.4 is 5.32 Å². The topological polar surface area (TPSA) is 66.4 Å². The molecule has 1 aromatic heterocycles. The highest BCUT2D eigenvalue weighted by Gasteiger charge is 2.30. The summed E-state index contributed by atoms with van der Waals surface area (Å²) < 4.78 is 0. The molecule has 1 fully saturated rings. The van der Waals surface area contributed by atoms with Crippen molar-refractivity contribution >= 4 is 23.2 Å². The van der Waals surface area contributed by atoms with Crippen LogP contribution in [0.15, 0.2) is 17.5 Å². The van der Waals surface area contributed by atoms with Gasteiger partial charge in [-0.05, 0) is 30.7 Å². The molecule has 1 heterocycles. The Bertz CT molecular complexity index is 388. The number of rotatable bonds is 3. The predicted molar refractivity (Wildman–Crippen MR) is 60.6 cm³/mol. The molecule has 0 bridgehead atoms. The standard InChI is InChI=1S/C11H13NO3S/c13-10(9-2-1-5-16-9)12-8-4-3-7(6-8)11(14)15/h1-2,5,7-8H,3-4,6H2,(H,12,13)(H,14,15). The van der Waals surface area contributed by atoms with Crippen LogP contribution in [0.25, 0.3) is 0 Å². The van der Waals surface area contributed by atoms with Gasteiger partial charge in [0.15, 0.2) is 0 Å². The number of aliphatic carboxylic acids is 1. The summed E-state index contributed by atoms with van der Waals surface area (Å²) in [5, 5.41) is 13.6. The van der Waals surface area contributed by atoms with E-state index >= 15 is 0 Å². The van der Waals surface area contributed by atoms with Crippen molar-refractivity contribution in [1.82, 2.24) is 5.32 Å². The molecule has 2 unspecified atom stereocenters. The third-order valence-electron chi connectivity index (χ3n) is 2.86. The Morgan fingerprint density at radius 3 is 2.81 bits per heavy atom. The minimum absolute atomic E-state index is 0.00991. The van der Waals surface area contributed by atoms with E-state index in [0.29, 0.717) is 17.7 Å². The van der Waals surface area contributed by atoms with Gasteiger partial charge < -0.3 is 10.4 Å². The van der Waals surface area contributed by atoms with E-state index in [1.807, 2.05) is 11.4 Å². The number of amides is 1. The van der Waals surface area contributed by atoms with Crippen LogP contribution in [-0.4, -0.2) is 23.0 Å². The van der Waals surface area contributed by atoms with E-state index in [9.17, 15) is 9.59 Å². The van der Waals surface area contributed by atoms with Gasteiger partial charge in [0.25, 0.3) is 5.91 Å². The smallest absolute Gasteiger partial charge is 0.306 e. The molecule has 0 aromatic carbocycles. The molecule has 4 nitrogen and oxygen atoms in total. The van der Waals surface area contributed by atoms with Crippen molar-refractivity contribution in [3.05, 3.63) is 22.4 Å². The van der Waals surface area contributed by atoms with Crippen LogP contribution in [-0.2, 0) is 4.79 Å². The molecule has 5 heteroatoms. The second-order valence-electron chi connectivity index (χ2n) is 4.00. The molecule has 2 N–H and O–H groups in total. The average Bonchev–Trinajstić information content (AvgIpc) is 2.87. The first-order valence-electron chi connectivity index (χ1n) is 5.24. The van der Waals surface area contributed by atoms with Crippen LogP contribution in [0.5, 0.6) is 0 Å². The first kappa shape index (κ1) is 11.1. The molecule has 0 aliphatic heterocycles. The fourth-order valence-electron chi connectivity index (χ4n) is 2.00. The van der Waals surface area contributed by atoms with Crippen molar-refractivity contribution in [2.45, 2.75) is 25.3 Å². The second-order valence-corrected chi connectivity index (χ2v) is 4.94. The molecule has 2 atom stereocenters. The van der Waals surface area contributed by atoms with Gasteiger partial charge in [0.1, 0.15) is 0 Å². The minimum atomic E-state index is -0.757. The van der Waals surface area contributed by atoms with Crippen molar-refractivity contribution in [3.8, 4) is 0 Å². The Labute approximate surface area is 97.3 Å². The summed E-state index contributed by atoms with van der Waals surface area (Å²) in [4.78, 5) is 23.1. The minimum Gasteiger partial charge on any atom is -0.481 e. The Hall–Kier alpha value is -1.36. The summed E-state index contributed by atoms with van der Waals surface area (Å²) in [6, 6.07) is 3.61. The molecule has 0 spiro atoms. The lowest BCUT2D eigenvalue weighted by molar-refractivity contribution is -0.141. The number of carboxylic acids is 1. The van der Waals surface area contributed by atoms with Gasteiger partial charge in [0.2, 0.25) is 0 Å². The highest BCUT2D eigenvalue weighted by molar-refractivity contribution is 7.12. The van der Waals surface area contributed by atoms with Gasteiger partial charge in [0.05, 0.1) is 10.8 Å². The van der Waals surface area contributed by atoms with Crippen LogP contribution in [0.2, 0.25) is 0 Å². The quantitative estimate of drug-likeness (QED) is 0.844. The normalized spacial score (nSPS) is 24.2. The van der Waals surface area contributed by atoms with Gasteiger partial charge in [-0.15, -0.1) is 11.3 Å². The van der Waals surface area contributed by atoms with E-state index in [2.05, 4.69) is 5.32 Å². The van der Waals surface area contributed by atoms with Crippen molar-refractivity contribution < 1.29 is 14.7 Å². The summed E-state index contributed by atoms with van der Waals surface area (Å²) in [6.45, 7) is 0. The third kappa shape index (κ3) is 2.41. The average molecular weight is 239 g/mol. The molecular weight excluding hydrogens is 226 g/mol. The molecule has 1 aromatic rings. The van der Waals surface area contributed by atoms with Crippen LogP contribution in [0, 0.1) is 5.92 Å². The Morgan fingerprint density at radius 2 is 2.25 bits per heavy atom. The van der Waals surface area contributed by atoms with Crippen molar-refractivity contribution in [2.24, 2.45) is 5.92 Å². The lowest BCUT2D eigenvalue weighted by Gasteiger charge is -2.11. The second kappa shape index (κ2) is 4.65. The lowest BCUT2D eigenvalue weighted by atomic mass is 10.1. The Balaban J connectivity index is 1.88. The fraction of sp³-hybridized carbons (Fsp3) is 0.455. The van der Waals surface area contributed by atoms with Gasteiger partial charge in [-0.2, -0.15) is 0 Å². The number of thiophene rings is 1. The molecule has 0 radical (unpaired) electrons. The SMILES string of the molecule is O=C(NC1CCC(C(=O)O)C1)c1cccs1. The largest absolute Gasteiger partial charge is 0.481 e. The van der Waals surface area contributed by atoms with Crippen LogP contribution in [0.4, 0.5) is 0 Å². The van der Waals surface area contributed by atoms with E-state index in [4.69, 9.17) is 5.11 Å². The third-order valence-corrected chi connectivity index (χ3v) is 3.73. The summed E-state index contributed by atoms with van der Waals surface area (Å²) in [7, 11) is 0. The van der Waals surface area contributed by atoms with E-state index in [1.54, 1.807) is 6.07 Å². The zero-order chi connectivity index (χ0) is 11.5. The van der Waals surface area contributed by atoms with Crippen LogP contribution in [0.1, 0.15) is 28.9 Å². The number of carbonyl (C=O) groups excluding carboxylic acids is 1. The summed E-state index contributed by atoms with van der Waals surface area (Å²) in [5.74, 6) is -1.15. The number of hydrogen-bond acceptors (Lipinski definition) is 3. The Morgan fingerprint density at radius 1 is 1.44 bits per heavy atom. The monoisotopic (exact) mass is 239 g/mol. The van der Waals surface area contributed by atoms with Gasteiger partial charge in [-0.25, -0.2) is 0 Å². The molecular formula is C11H13NO3S. The summed E-state index contributed by atoms with van der Waals surface area (Å²) in [5.41, 5.74) is 0. The molecule has 1 saturated carbocycles. The molecule has 2 rings (SSSR count). The Kier molecular flexibility index (Phi) is 3.24. The zero-order valence-corrected chi connectivity index (χ0v) is 9.50. The van der Waals surface area contributed by atoms with E-state index < -0.39 is 5.97 Å². The van der Waals surface area contributed by atoms with E-state index in [-0.39, 0.29) is 17.9 Å². The molecule has 16 heavy (non-hydrogen) atoms. The molecule has 1 amide bonds. The van der Waals surface area contributed by atoms with Gasteiger partial charge in [-0.1, -0.05) is 6.07 Å². The maximum absolute atomic E-state index is 11.7. The first-order valence-corrected chi connectivity index (χ1v) is 6.12. The highest BCUT2D eigenvalue weighted by Crippen LogP contribution is 2.26. The number of carbonyl (C=O) groups is 2. The number of carboxylic acid groups (broad SMARTS) is 1. The fourth-order valence-corrected chi connectivity index (χ4v) is 2.63. The van der Waals surface area contributed by atoms with Crippen molar-refractivity contribution in [3.63, 3.8) is 0 Å². The van der Waals surface area contributed by atoms with E-state index in [0.717, 1.165) is 6.42 Å². The molecule has 1 aliphatic carbocycles. The zero-order valence-electron chi connectivity index (χ0n) is 8.68. The lowest BCUT2D eigenvalue weighted by Crippen LogP contribution is -2.32. The van der Waals surface area contributed by atoms with Gasteiger partial charge >= 0.3 is 5.97 Å². The number of nitrogens with one attached hydrogen (secondary N) is 1. The molecule has 1 aliphatic rings. The summed E-state index contributed by atoms with van der Waals surface area (Å²) >= 11 is 1.39. The maximum atomic E-state index is 11.7. The number of hydrogen-bond donors (Lipinski definition) is 2. The van der Waals surface area contributed by atoms with E-state index in [1.165, 1.54) is 11.3 Å². The first-order chi connectivity index (χ1) is 7.66. The van der Waals surface area contributed by atoms with Crippen LogP contribution >= 0.6 is 11.3 Å². The van der Waals surface area contributed by atoms with Gasteiger partial charge in [0, 0.05) is 6.04 Å². The molecule has 0 saturated heterocycles. The van der Waals surface area contributed by atoms with Crippen molar-refractivity contribution in [2.75, 3.05) is 0 Å². The predicted octanol–water partition coefficient (Wildman–Crippen LogP) is 1.73.